The Morgan fingerprint density at radius 3 is 2.56 bits per heavy atom. The minimum Gasteiger partial charge on any atom is -0.496 e. The number of rotatable bonds is 8. The number of carbonyl (C=O) groups is 1. The number of halogens is 2. The molecule has 2 aliphatic rings. The Labute approximate surface area is 239 Å². The van der Waals surface area contributed by atoms with Gasteiger partial charge in [-0.15, -0.1) is 0 Å². The second-order valence-electron chi connectivity index (χ2n) is 10.6. The SMILES string of the molecule is COc1cc(C)nc(OCc2ccccc2)c1CN1CCc2c(Cl)cc(C(C)(O)C3CN(C)C3)c(Cl)c2C1=O. The van der Waals surface area contributed by atoms with Crippen molar-refractivity contribution in [3.05, 3.63) is 86.0 Å². The van der Waals surface area contributed by atoms with Crippen molar-refractivity contribution in [2.24, 2.45) is 5.92 Å². The van der Waals surface area contributed by atoms with E-state index >= 15 is 0 Å². The number of methoxy groups -OCH3 is 1. The van der Waals surface area contributed by atoms with E-state index in [0.717, 1.165) is 24.3 Å². The summed E-state index contributed by atoms with van der Waals surface area (Å²) < 4.78 is 11.8. The molecule has 1 N–H and O–H groups in total. The van der Waals surface area contributed by atoms with Gasteiger partial charge in [0.2, 0.25) is 5.88 Å². The van der Waals surface area contributed by atoms with E-state index in [0.29, 0.717) is 58.5 Å². The molecule has 0 aliphatic carbocycles. The molecule has 1 amide bonds. The van der Waals surface area contributed by atoms with Crippen LogP contribution in [0.5, 0.6) is 11.6 Å². The first-order valence-electron chi connectivity index (χ1n) is 13.0. The molecular weight excluding hydrogens is 537 g/mol. The van der Waals surface area contributed by atoms with Crippen molar-refractivity contribution in [1.82, 2.24) is 14.8 Å². The number of pyridine rings is 1. The van der Waals surface area contributed by atoms with Crippen molar-refractivity contribution in [2.75, 3.05) is 33.8 Å². The van der Waals surface area contributed by atoms with Crippen LogP contribution in [0.15, 0.2) is 42.5 Å². The number of amides is 1. The van der Waals surface area contributed by atoms with Gasteiger partial charge in [-0.1, -0.05) is 53.5 Å². The molecule has 9 heteroatoms. The number of likely N-dealkylation sites (tertiary alicyclic amines) is 1. The Hall–Kier alpha value is -2.84. The van der Waals surface area contributed by atoms with Crippen LogP contribution in [0, 0.1) is 12.8 Å². The highest BCUT2D eigenvalue weighted by Gasteiger charge is 2.43. The van der Waals surface area contributed by atoms with Crippen LogP contribution < -0.4 is 9.47 Å². The van der Waals surface area contributed by atoms with Crippen molar-refractivity contribution in [3.8, 4) is 11.6 Å². The minimum absolute atomic E-state index is 0.00359. The Morgan fingerprint density at radius 2 is 1.90 bits per heavy atom. The third kappa shape index (κ3) is 5.33. The molecule has 0 saturated carbocycles. The number of aliphatic hydroxyl groups is 1. The van der Waals surface area contributed by atoms with E-state index in [2.05, 4.69) is 9.88 Å². The van der Waals surface area contributed by atoms with Crippen LogP contribution in [0.2, 0.25) is 10.0 Å². The summed E-state index contributed by atoms with van der Waals surface area (Å²) in [6.07, 6.45) is 0.538. The van der Waals surface area contributed by atoms with Gasteiger partial charge in [-0.25, -0.2) is 4.98 Å². The Balaban J connectivity index is 1.46. The van der Waals surface area contributed by atoms with Gasteiger partial charge in [0.1, 0.15) is 12.4 Å². The summed E-state index contributed by atoms with van der Waals surface area (Å²) >= 11 is 13.6. The first-order valence-corrected chi connectivity index (χ1v) is 13.8. The van der Waals surface area contributed by atoms with Crippen LogP contribution in [0.4, 0.5) is 0 Å². The van der Waals surface area contributed by atoms with E-state index < -0.39 is 5.60 Å². The number of ether oxygens (including phenoxy) is 2. The lowest BCUT2D eigenvalue weighted by Crippen LogP contribution is -2.53. The smallest absolute Gasteiger partial charge is 0.256 e. The summed E-state index contributed by atoms with van der Waals surface area (Å²) in [4.78, 5) is 22.4. The zero-order valence-electron chi connectivity index (χ0n) is 22.6. The zero-order valence-corrected chi connectivity index (χ0v) is 24.1. The van der Waals surface area contributed by atoms with Crippen molar-refractivity contribution in [2.45, 2.75) is 39.0 Å². The Bertz CT molecular complexity index is 1390. The maximum absolute atomic E-state index is 13.9. The lowest BCUT2D eigenvalue weighted by Gasteiger charge is -2.45. The summed E-state index contributed by atoms with van der Waals surface area (Å²) in [6.45, 7) is 6.10. The molecular formula is C30H33Cl2N3O4. The molecule has 5 rings (SSSR count). The molecule has 0 radical (unpaired) electrons. The van der Waals surface area contributed by atoms with Gasteiger partial charge in [0, 0.05) is 47.9 Å². The fourth-order valence-electron chi connectivity index (χ4n) is 5.44. The molecule has 2 aromatic carbocycles. The third-order valence-corrected chi connectivity index (χ3v) is 8.54. The molecule has 39 heavy (non-hydrogen) atoms. The van der Waals surface area contributed by atoms with E-state index in [-0.39, 0.29) is 23.4 Å². The number of benzene rings is 2. The van der Waals surface area contributed by atoms with Crippen LogP contribution in [0.3, 0.4) is 0 Å². The summed E-state index contributed by atoms with van der Waals surface area (Å²) in [5.74, 6) is 0.766. The second kappa shape index (κ2) is 11.0. The molecule has 0 bridgehead atoms. The Kier molecular flexibility index (Phi) is 7.80. The largest absolute Gasteiger partial charge is 0.496 e. The fraction of sp³-hybridized carbons (Fsp3) is 0.400. The molecule has 1 saturated heterocycles. The molecule has 1 fully saturated rings. The lowest BCUT2D eigenvalue weighted by atomic mass is 9.77. The normalized spacial score (nSPS) is 17.4. The monoisotopic (exact) mass is 569 g/mol. The summed E-state index contributed by atoms with van der Waals surface area (Å²) in [6, 6.07) is 13.4. The van der Waals surface area contributed by atoms with Gasteiger partial charge in [0.15, 0.2) is 0 Å². The second-order valence-corrected chi connectivity index (χ2v) is 11.4. The van der Waals surface area contributed by atoms with Gasteiger partial charge in [0.05, 0.1) is 35.4 Å². The number of hydrogen-bond donors (Lipinski definition) is 1. The van der Waals surface area contributed by atoms with Crippen LogP contribution in [0.1, 0.15) is 45.2 Å². The average Bonchev–Trinajstić information content (AvgIpc) is 2.90. The van der Waals surface area contributed by atoms with Crippen molar-refractivity contribution < 1.29 is 19.4 Å². The number of hydrogen-bond acceptors (Lipinski definition) is 6. The average molecular weight is 571 g/mol. The van der Waals surface area contributed by atoms with E-state index in [1.54, 1.807) is 25.0 Å². The fourth-order valence-corrected chi connectivity index (χ4v) is 6.18. The van der Waals surface area contributed by atoms with Crippen LogP contribution in [-0.2, 0) is 25.2 Å². The van der Waals surface area contributed by atoms with Crippen molar-refractivity contribution >= 4 is 29.1 Å². The number of fused-ring (bicyclic) bond motifs is 1. The minimum atomic E-state index is -1.21. The van der Waals surface area contributed by atoms with Gasteiger partial charge < -0.3 is 24.4 Å². The van der Waals surface area contributed by atoms with Crippen molar-refractivity contribution in [3.63, 3.8) is 0 Å². The standard InChI is InChI=1S/C30H33Cl2N3O4/c1-18-12-25(38-4)22(28(33-18)39-17-19-8-6-5-7-9-19)16-35-11-10-21-24(31)13-23(27(32)26(21)29(35)36)30(2,37)20-14-34(3)15-20/h5-9,12-13,20,37H,10-11,14-17H2,1-4H3. The predicted octanol–water partition coefficient (Wildman–Crippen LogP) is 5.25. The molecule has 1 aromatic heterocycles. The van der Waals surface area contributed by atoms with Gasteiger partial charge in [-0.2, -0.15) is 0 Å². The molecule has 0 spiro atoms. The molecule has 3 aromatic rings. The molecule has 7 nitrogen and oxygen atoms in total. The Morgan fingerprint density at radius 1 is 1.18 bits per heavy atom. The van der Waals surface area contributed by atoms with Crippen molar-refractivity contribution in [1.29, 1.82) is 0 Å². The summed E-state index contributed by atoms with van der Waals surface area (Å²) in [7, 11) is 3.59. The highest BCUT2D eigenvalue weighted by atomic mass is 35.5. The quantitative estimate of drug-likeness (QED) is 0.399. The highest BCUT2D eigenvalue weighted by molar-refractivity contribution is 6.37. The number of nitrogens with zero attached hydrogens (tertiary/aromatic N) is 3. The van der Waals surface area contributed by atoms with Crippen LogP contribution >= 0.6 is 23.2 Å². The van der Waals surface area contributed by atoms with Gasteiger partial charge in [-0.05, 0) is 44.5 Å². The predicted molar refractivity (Wildman–Crippen MR) is 152 cm³/mol. The maximum Gasteiger partial charge on any atom is 0.256 e. The van der Waals surface area contributed by atoms with Crippen LogP contribution in [0.25, 0.3) is 0 Å². The number of aromatic nitrogens is 1. The highest BCUT2D eigenvalue weighted by Crippen LogP contribution is 2.44. The maximum atomic E-state index is 13.9. The van der Waals surface area contributed by atoms with E-state index in [1.807, 2.05) is 50.4 Å². The van der Waals surface area contributed by atoms with Gasteiger partial charge in [-0.3, -0.25) is 4.79 Å². The van der Waals surface area contributed by atoms with Crippen LogP contribution in [-0.4, -0.2) is 59.6 Å². The lowest BCUT2D eigenvalue weighted by molar-refractivity contribution is -0.0710. The van der Waals surface area contributed by atoms with E-state index in [1.165, 1.54) is 0 Å². The zero-order chi connectivity index (χ0) is 27.9. The third-order valence-electron chi connectivity index (χ3n) is 7.81. The van der Waals surface area contributed by atoms with Gasteiger partial charge in [0.25, 0.3) is 5.91 Å². The van der Waals surface area contributed by atoms with E-state index in [9.17, 15) is 9.90 Å². The van der Waals surface area contributed by atoms with Gasteiger partial charge >= 0.3 is 0 Å². The molecule has 2 aliphatic heterocycles. The molecule has 206 valence electrons. The first-order chi connectivity index (χ1) is 18.6. The number of carbonyl (C=O) groups excluding carboxylic acids is 1. The topological polar surface area (TPSA) is 75.1 Å². The molecule has 3 heterocycles. The number of aryl methyl sites for hydroxylation is 1. The van der Waals surface area contributed by atoms with E-state index in [4.69, 9.17) is 32.7 Å². The molecule has 1 unspecified atom stereocenters. The molecule has 1 atom stereocenters. The summed E-state index contributed by atoms with van der Waals surface area (Å²) in [5.41, 5.74) is 2.77. The summed E-state index contributed by atoms with van der Waals surface area (Å²) in [5, 5.41) is 12.2. The first kappa shape index (κ1) is 27.7.